The number of fused-ring (bicyclic) bond motifs is 1. The van der Waals surface area contributed by atoms with Crippen LogP contribution >= 0.6 is 15.9 Å². The predicted octanol–water partition coefficient (Wildman–Crippen LogP) is 3.69. The maximum Gasteiger partial charge on any atom is 0.104 e. The number of allylic oxidation sites excluding steroid dienone is 1. The Kier molecular flexibility index (Phi) is 6.48. The Labute approximate surface area is 196 Å². The van der Waals surface area contributed by atoms with Gasteiger partial charge in [0.2, 0.25) is 0 Å². The van der Waals surface area contributed by atoms with Gasteiger partial charge in [0.15, 0.2) is 0 Å². The van der Waals surface area contributed by atoms with Crippen LogP contribution in [0.2, 0.25) is 0 Å². The molecule has 0 spiro atoms. The van der Waals surface area contributed by atoms with Crippen molar-refractivity contribution in [1.82, 2.24) is 0 Å². The van der Waals surface area contributed by atoms with E-state index in [1.807, 2.05) is 0 Å². The molecule has 0 unspecified atom stereocenters. The fraction of sp³-hybridized carbons (Fsp3) is 0.440. The van der Waals surface area contributed by atoms with Gasteiger partial charge in [-0.3, -0.25) is 0 Å². The smallest absolute Gasteiger partial charge is 0.104 e. The fourth-order valence-corrected chi connectivity index (χ4v) is 5.70. The van der Waals surface area contributed by atoms with Crippen LogP contribution in [0.1, 0.15) is 32.3 Å². The van der Waals surface area contributed by atoms with Gasteiger partial charge >= 0.3 is 0 Å². The SMILES string of the molecule is CC1(C)[C@H]2CC=C(C[N+](C)(C)Cc3ccc(-c4ccccc4Br)cc3)[C@@H]1C2.[I-]. The second kappa shape index (κ2) is 8.23. The predicted molar refractivity (Wildman–Crippen MR) is 118 cm³/mol. The lowest BCUT2D eigenvalue weighted by molar-refractivity contribution is -0.899. The van der Waals surface area contributed by atoms with Crippen molar-refractivity contribution in [2.75, 3.05) is 20.6 Å². The summed E-state index contributed by atoms with van der Waals surface area (Å²) in [5, 5.41) is 0. The first-order valence-corrected chi connectivity index (χ1v) is 10.9. The molecule has 5 rings (SSSR count). The molecule has 0 heterocycles. The summed E-state index contributed by atoms with van der Waals surface area (Å²) in [5.41, 5.74) is 6.17. The van der Waals surface area contributed by atoms with Crippen LogP contribution in [0.5, 0.6) is 0 Å². The van der Waals surface area contributed by atoms with Crippen LogP contribution < -0.4 is 24.0 Å². The van der Waals surface area contributed by atoms with Crippen molar-refractivity contribution in [3.63, 3.8) is 0 Å². The largest absolute Gasteiger partial charge is 1.00 e. The van der Waals surface area contributed by atoms with E-state index in [4.69, 9.17) is 0 Å². The van der Waals surface area contributed by atoms with Crippen molar-refractivity contribution < 1.29 is 28.5 Å². The molecule has 150 valence electrons. The molecule has 3 aliphatic rings. The van der Waals surface area contributed by atoms with Crippen molar-refractivity contribution >= 4 is 15.9 Å². The van der Waals surface area contributed by atoms with Crippen LogP contribution in [-0.4, -0.2) is 25.1 Å². The highest BCUT2D eigenvalue weighted by molar-refractivity contribution is 9.10. The van der Waals surface area contributed by atoms with E-state index >= 15 is 0 Å². The van der Waals surface area contributed by atoms with Crippen molar-refractivity contribution in [3.8, 4) is 11.1 Å². The van der Waals surface area contributed by atoms with E-state index in [0.717, 1.165) is 27.3 Å². The number of rotatable bonds is 5. The minimum atomic E-state index is 0. The van der Waals surface area contributed by atoms with E-state index in [1.165, 1.54) is 36.1 Å². The Morgan fingerprint density at radius 2 is 1.68 bits per heavy atom. The second-order valence-electron chi connectivity index (χ2n) is 9.75. The van der Waals surface area contributed by atoms with Gasteiger partial charge in [0.1, 0.15) is 13.1 Å². The minimum Gasteiger partial charge on any atom is -1.00 e. The molecule has 0 radical (unpaired) electrons. The zero-order valence-corrected chi connectivity index (χ0v) is 21.1. The number of hydrogen-bond acceptors (Lipinski definition) is 0. The summed E-state index contributed by atoms with van der Waals surface area (Å²) >= 11 is 3.66. The molecule has 0 aliphatic heterocycles. The molecule has 0 N–H and O–H groups in total. The summed E-state index contributed by atoms with van der Waals surface area (Å²) in [6, 6.07) is 17.5. The molecule has 2 aromatic rings. The standard InChI is InChI=1S/C25H31BrN.HI/c1-25(2)21-14-13-20(23(25)15-21)17-27(3,4)16-18-9-11-19(12-10-18)22-7-5-6-8-24(22)26;/h5-13,21,23H,14-17H2,1-4H3;1H/q+1;/p-1/t21-,23-;/m0./s1. The van der Waals surface area contributed by atoms with Crippen LogP contribution in [0.15, 0.2) is 64.7 Å². The van der Waals surface area contributed by atoms with Crippen LogP contribution in [0.25, 0.3) is 11.1 Å². The van der Waals surface area contributed by atoms with Crippen LogP contribution in [-0.2, 0) is 6.54 Å². The lowest BCUT2D eigenvalue weighted by Gasteiger charge is -2.57. The zero-order valence-electron chi connectivity index (χ0n) is 17.4. The monoisotopic (exact) mass is 551 g/mol. The summed E-state index contributed by atoms with van der Waals surface area (Å²) in [7, 11) is 4.75. The van der Waals surface area contributed by atoms with Crippen molar-refractivity contribution in [1.29, 1.82) is 0 Å². The van der Waals surface area contributed by atoms with Gasteiger partial charge in [0.25, 0.3) is 0 Å². The van der Waals surface area contributed by atoms with Gasteiger partial charge in [-0.25, -0.2) is 0 Å². The summed E-state index contributed by atoms with van der Waals surface area (Å²) in [6.07, 6.45) is 5.26. The van der Waals surface area contributed by atoms with E-state index < -0.39 is 0 Å². The number of quaternary nitrogens is 1. The van der Waals surface area contributed by atoms with E-state index in [0.29, 0.717) is 5.41 Å². The van der Waals surface area contributed by atoms with E-state index in [9.17, 15) is 0 Å². The summed E-state index contributed by atoms with van der Waals surface area (Å²) in [5.74, 6) is 1.73. The van der Waals surface area contributed by atoms with Gasteiger partial charge in [0, 0.05) is 10.0 Å². The Hall–Kier alpha value is -0.650. The number of likely N-dealkylation sites (N-methyl/N-ethyl adjacent to an activating group) is 1. The average molecular weight is 552 g/mol. The van der Waals surface area contributed by atoms with Gasteiger partial charge in [-0.2, -0.15) is 0 Å². The molecule has 2 aromatic carbocycles. The molecule has 3 heteroatoms. The first-order chi connectivity index (χ1) is 12.8. The summed E-state index contributed by atoms with van der Waals surface area (Å²) in [4.78, 5) is 0. The molecule has 1 saturated carbocycles. The van der Waals surface area contributed by atoms with Gasteiger partial charge in [0.05, 0.1) is 14.1 Å². The highest BCUT2D eigenvalue weighted by Gasteiger charge is 2.52. The number of halogens is 2. The van der Waals surface area contributed by atoms with Gasteiger partial charge in [-0.05, 0) is 52.9 Å². The molecular weight excluding hydrogens is 521 g/mol. The fourth-order valence-electron chi connectivity index (χ4n) is 5.19. The third-order valence-corrected chi connectivity index (χ3v) is 7.63. The lowest BCUT2D eigenvalue weighted by Crippen LogP contribution is -3.00. The lowest BCUT2D eigenvalue weighted by atomic mass is 9.49. The number of benzene rings is 2. The highest BCUT2D eigenvalue weighted by Crippen LogP contribution is 2.59. The normalized spacial score (nSPS) is 22.7. The molecule has 0 amide bonds. The zero-order chi connectivity index (χ0) is 19.2. The van der Waals surface area contributed by atoms with Crippen molar-refractivity contribution in [2.24, 2.45) is 17.3 Å². The van der Waals surface area contributed by atoms with E-state index in [-0.39, 0.29) is 24.0 Å². The number of hydrogen-bond donors (Lipinski definition) is 0. The van der Waals surface area contributed by atoms with Gasteiger partial charge < -0.3 is 28.5 Å². The third kappa shape index (κ3) is 4.27. The molecule has 28 heavy (non-hydrogen) atoms. The molecule has 0 aromatic heterocycles. The second-order valence-corrected chi connectivity index (χ2v) is 10.6. The molecule has 2 bridgehead atoms. The third-order valence-electron chi connectivity index (χ3n) is 6.94. The Balaban J connectivity index is 0.00000225. The van der Waals surface area contributed by atoms with Crippen molar-refractivity contribution in [2.45, 2.75) is 33.2 Å². The maximum absolute atomic E-state index is 3.66. The average Bonchev–Trinajstić information content (AvgIpc) is 2.62. The van der Waals surface area contributed by atoms with E-state index in [1.54, 1.807) is 5.57 Å². The highest BCUT2D eigenvalue weighted by atomic mass is 127. The van der Waals surface area contributed by atoms with E-state index in [2.05, 4.69) is 98.5 Å². The first kappa shape index (κ1) is 22.0. The van der Waals surface area contributed by atoms with Crippen LogP contribution in [0, 0.1) is 17.3 Å². The van der Waals surface area contributed by atoms with Crippen LogP contribution in [0.4, 0.5) is 0 Å². The Bertz CT molecular complexity index is 866. The molecule has 2 atom stereocenters. The van der Waals surface area contributed by atoms with Crippen molar-refractivity contribution in [3.05, 3.63) is 70.2 Å². The van der Waals surface area contributed by atoms with Crippen LogP contribution in [0.3, 0.4) is 0 Å². The minimum absolute atomic E-state index is 0. The molecule has 1 nitrogen and oxygen atoms in total. The Morgan fingerprint density at radius 3 is 2.29 bits per heavy atom. The van der Waals surface area contributed by atoms with Gasteiger partial charge in [-0.1, -0.05) is 78.3 Å². The summed E-state index contributed by atoms with van der Waals surface area (Å²) < 4.78 is 2.18. The summed E-state index contributed by atoms with van der Waals surface area (Å²) in [6.45, 7) is 7.19. The topological polar surface area (TPSA) is 0 Å². The molecular formula is C25H31BrIN. The molecule has 1 fully saturated rings. The Morgan fingerprint density at radius 1 is 1.00 bits per heavy atom. The quantitative estimate of drug-likeness (QED) is 0.302. The molecule has 3 aliphatic carbocycles. The molecule has 0 saturated heterocycles. The maximum atomic E-state index is 3.66. The van der Waals surface area contributed by atoms with Gasteiger partial charge in [-0.15, -0.1) is 0 Å². The number of nitrogens with zero attached hydrogens (tertiary/aromatic N) is 1. The first-order valence-electron chi connectivity index (χ1n) is 10.1.